The van der Waals surface area contributed by atoms with Crippen molar-refractivity contribution in [2.24, 2.45) is 0 Å². The van der Waals surface area contributed by atoms with Crippen molar-refractivity contribution in [3.8, 4) is 0 Å². The second kappa shape index (κ2) is 3.39. The summed E-state index contributed by atoms with van der Waals surface area (Å²) in [6.45, 7) is 0. The van der Waals surface area contributed by atoms with Crippen LogP contribution in [0, 0.1) is 0 Å². The fraction of sp³-hybridized carbons (Fsp3) is 0.143. The second-order valence-electron chi connectivity index (χ2n) is 3.95. The number of benzene rings is 2. The Hall–Kier alpha value is -1.27. The van der Waals surface area contributed by atoms with Crippen molar-refractivity contribution in [3.63, 3.8) is 0 Å². The molecule has 0 atom stereocenters. The highest BCUT2D eigenvalue weighted by Crippen LogP contribution is 2.29. The van der Waals surface area contributed by atoms with Crippen molar-refractivity contribution >= 4 is 28.4 Å². The van der Waals surface area contributed by atoms with E-state index >= 15 is 0 Å². The molecule has 1 aliphatic carbocycles. The summed E-state index contributed by atoms with van der Waals surface area (Å²) in [4.78, 5) is 0. The molecule has 1 heteroatoms. The lowest BCUT2D eigenvalue weighted by molar-refractivity contribution is 0.989. The summed E-state index contributed by atoms with van der Waals surface area (Å²) in [5, 5.41) is 3.25. The molecule has 0 radical (unpaired) electrons. The van der Waals surface area contributed by atoms with Gasteiger partial charge in [0, 0.05) is 10.4 Å². The summed E-state index contributed by atoms with van der Waals surface area (Å²) in [6.07, 6.45) is 6.72. The molecule has 0 unspecified atom stereocenters. The van der Waals surface area contributed by atoms with Gasteiger partial charge in [-0.1, -0.05) is 42.0 Å². The van der Waals surface area contributed by atoms with E-state index in [4.69, 9.17) is 11.6 Å². The van der Waals surface area contributed by atoms with Gasteiger partial charge in [0.1, 0.15) is 0 Å². The van der Waals surface area contributed by atoms with Gasteiger partial charge in [-0.25, -0.2) is 0 Å². The Morgan fingerprint density at radius 3 is 3.00 bits per heavy atom. The smallest absolute Gasteiger partial charge is 0.0484 e. The third-order valence-electron chi connectivity index (χ3n) is 2.96. The average molecular weight is 215 g/mol. The van der Waals surface area contributed by atoms with Crippen molar-refractivity contribution < 1.29 is 0 Å². The number of allylic oxidation sites excluding steroid dienone is 1. The first-order valence-electron chi connectivity index (χ1n) is 5.22. The lowest BCUT2D eigenvalue weighted by Gasteiger charge is -2.12. The maximum absolute atomic E-state index is 6.18. The van der Waals surface area contributed by atoms with Crippen molar-refractivity contribution in [1.82, 2.24) is 0 Å². The predicted molar refractivity (Wildman–Crippen MR) is 66.3 cm³/mol. The van der Waals surface area contributed by atoms with Gasteiger partial charge >= 0.3 is 0 Å². The molecule has 0 bridgehead atoms. The van der Waals surface area contributed by atoms with Gasteiger partial charge in [-0.15, -0.1) is 0 Å². The second-order valence-corrected chi connectivity index (χ2v) is 4.36. The summed E-state index contributed by atoms with van der Waals surface area (Å²) in [7, 11) is 0. The van der Waals surface area contributed by atoms with E-state index in [1.54, 1.807) is 0 Å². The standard InChI is InChI=1S/C14H11Cl/c15-14-7-3-6-12-8-10-4-1-2-5-11(10)9-13(12)14/h2-3,5-9H,1,4H2. The lowest BCUT2D eigenvalue weighted by atomic mass is 9.94. The van der Waals surface area contributed by atoms with E-state index in [2.05, 4.69) is 30.4 Å². The van der Waals surface area contributed by atoms with E-state index in [0.717, 1.165) is 23.3 Å². The Labute approximate surface area is 94.2 Å². The molecule has 0 aromatic heterocycles. The summed E-state index contributed by atoms with van der Waals surface area (Å²) in [5.74, 6) is 0. The number of aryl methyl sites for hydroxylation is 1. The molecule has 74 valence electrons. The zero-order valence-electron chi connectivity index (χ0n) is 8.33. The highest BCUT2D eigenvalue weighted by molar-refractivity contribution is 6.35. The Kier molecular flexibility index (Phi) is 2.03. The Morgan fingerprint density at radius 1 is 1.13 bits per heavy atom. The van der Waals surface area contributed by atoms with Crippen LogP contribution in [0.1, 0.15) is 17.5 Å². The molecule has 0 spiro atoms. The van der Waals surface area contributed by atoms with Crippen LogP contribution in [0.2, 0.25) is 5.02 Å². The number of hydrogen-bond acceptors (Lipinski definition) is 0. The summed E-state index contributed by atoms with van der Waals surface area (Å²) in [5.41, 5.74) is 2.76. The molecule has 2 aromatic carbocycles. The van der Waals surface area contributed by atoms with Crippen LogP contribution in [0.4, 0.5) is 0 Å². The molecule has 0 amide bonds. The maximum atomic E-state index is 6.18. The zero-order chi connectivity index (χ0) is 10.3. The summed E-state index contributed by atoms with van der Waals surface area (Å²) >= 11 is 6.18. The Morgan fingerprint density at radius 2 is 2.07 bits per heavy atom. The molecule has 3 rings (SSSR count). The maximum Gasteiger partial charge on any atom is 0.0484 e. The molecular formula is C14H11Cl. The lowest BCUT2D eigenvalue weighted by Crippen LogP contribution is -1.93. The van der Waals surface area contributed by atoms with E-state index in [-0.39, 0.29) is 0 Å². The third-order valence-corrected chi connectivity index (χ3v) is 3.29. The highest BCUT2D eigenvalue weighted by Gasteiger charge is 2.07. The van der Waals surface area contributed by atoms with Crippen LogP contribution in [-0.4, -0.2) is 0 Å². The van der Waals surface area contributed by atoms with Gasteiger partial charge in [0.2, 0.25) is 0 Å². The van der Waals surface area contributed by atoms with Gasteiger partial charge in [-0.3, -0.25) is 0 Å². The molecule has 15 heavy (non-hydrogen) atoms. The fourth-order valence-corrected chi connectivity index (χ4v) is 2.41. The minimum Gasteiger partial charge on any atom is -0.0837 e. The van der Waals surface area contributed by atoms with Crippen LogP contribution in [0.3, 0.4) is 0 Å². The van der Waals surface area contributed by atoms with Gasteiger partial charge in [0.05, 0.1) is 0 Å². The first-order valence-corrected chi connectivity index (χ1v) is 5.60. The molecular weight excluding hydrogens is 204 g/mol. The molecule has 0 aliphatic heterocycles. The van der Waals surface area contributed by atoms with Gasteiger partial charge < -0.3 is 0 Å². The van der Waals surface area contributed by atoms with Crippen molar-refractivity contribution in [3.05, 3.63) is 52.6 Å². The van der Waals surface area contributed by atoms with Gasteiger partial charge in [-0.05, 0) is 41.5 Å². The van der Waals surface area contributed by atoms with Crippen LogP contribution >= 0.6 is 11.6 Å². The molecule has 0 fully saturated rings. The molecule has 0 saturated heterocycles. The predicted octanol–water partition coefficient (Wildman–Crippen LogP) is 4.45. The number of hydrogen-bond donors (Lipinski definition) is 0. The van der Waals surface area contributed by atoms with E-state index < -0.39 is 0 Å². The average Bonchev–Trinajstić information content (AvgIpc) is 2.27. The highest BCUT2D eigenvalue weighted by atomic mass is 35.5. The normalized spacial score (nSPS) is 14.2. The molecule has 2 aromatic rings. The van der Waals surface area contributed by atoms with Crippen molar-refractivity contribution in [2.45, 2.75) is 12.8 Å². The minimum absolute atomic E-state index is 0.842. The molecule has 0 nitrogen and oxygen atoms in total. The van der Waals surface area contributed by atoms with Gasteiger partial charge in [-0.2, -0.15) is 0 Å². The van der Waals surface area contributed by atoms with E-state index in [1.807, 2.05) is 12.1 Å². The first kappa shape index (κ1) is 8.99. The molecule has 0 N–H and O–H groups in total. The zero-order valence-corrected chi connectivity index (χ0v) is 9.09. The van der Waals surface area contributed by atoms with E-state index in [1.165, 1.54) is 16.5 Å². The van der Waals surface area contributed by atoms with Crippen LogP contribution in [0.25, 0.3) is 16.8 Å². The van der Waals surface area contributed by atoms with E-state index in [0.29, 0.717) is 0 Å². The summed E-state index contributed by atoms with van der Waals surface area (Å²) in [6, 6.07) is 10.5. The van der Waals surface area contributed by atoms with Gasteiger partial charge in [0.25, 0.3) is 0 Å². The minimum atomic E-state index is 0.842. The third kappa shape index (κ3) is 1.46. The SMILES string of the molecule is Clc1cccc2cc3c(cc12)C=CCC3. The molecule has 0 saturated carbocycles. The van der Waals surface area contributed by atoms with Crippen LogP contribution in [0.5, 0.6) is 0 Å². The quantitative estimate of drug-likeness (QED) is 0.608. The molecule has 0 heterocycles. The number of fused-ring (bicyclic) bond motifs is 2. The first-order chi connectivity index (χ1) is 7.34. The topological polar surface area (TPSA) is 0 Å². The Balaban J connectivity index is 2.37. The number of halogens is 1. The van der Waals surface area contributed by atoms with Crippen molar-refractivity contribution in [1.29, 1.82) is 0 Å². The van der Waals surface area contributed by atoms with Crippen LogP contribution in [-0.2, 0) is 6.42 Å². The Bertz CT molecular complexity index is 553. The summed E-state index contributed by atoms with van der Waals surface area (Å²) < 4.78 is 0. The van der Waals surface area contributed by atoms with E-state index in [9.17, 15) is 0 Å². The van der Waals surface area contributed by atoms with Crippen LogP contribution in [0.15, 0.2) is 36.4 Å². The fourth-order valence-electron chi connectivity index (χ4n) is 2.17. The number of rotatable bonds is 0. The monoisotopic (exact) mass is 214 g/mol. The van der Waals surface area contributed by atoms with Gasteiger partial charge in [0.15, 0.2) is 0 Å². The van der Waals surface area contributed by atoms with Crippen LogP contribution < -0.4 is 0 Å². The largest absolute Gasteiger partial charge is 0.0837 e. The van der Waals surface area contributed by atoms with Crippen molar-refractivity contribution in [2.75, 3.05) is 0 Å². The molecule has 1 aliphatic rings.